The Balaban J connectivity index is 2.43. The van der Waals surface area contributed by atoms with E-state index in [-0.39, 0.29) is 16.1 Å². The van der Waals surface area contributed by atoms with Crippen LogP contribution in [0.25, 0.3) is 0 Å². The topological polar surface area (TPSA) is 83.5 Å². The maximum atomic E-state index is 12.4. The summed E-state index contributed by atoms with van der Waals surface area (Å²) < 4.78 is 27.6. The largest absolute Gasteiger partial charge is 0.478 e. The number of halogens is 1. The van der Waals surface area contributed by atoms with Gasteiger partial charge in [-0.3, -0.25) is 4.72 Å². The highest BCUT2D eigenvalue weighted by molar-refractivity contribution is 9.10. The van der Waals surface area contributed by atoms with E-state index in [1.807, 2.05) is 6.92 Å². The second-order valence-electron chi connectivity index (χ2n) is 4.87. The molecule has 0 fully saturated rings. The van der Waals surface area contributed by atoms with Crippen LogP contribution in [0, 0.1) is 13.8 Å². The predicted molar refractivity (Wildman–Crippen MR) is 87.8 cm³/mol. The highest BCUT2D eigenvalue weighted by Gasteiger charge is 2.18. The van der Waals surface area contributed by atoms with Crippen LogP contribution < -0.4 is 4.72 Å². The molecule has 0 spiro atoms. The Morgan fingerprint density at radius 3 is 2.27 bits per heavy atom. The molecule has 22 heavy (non-hydrogen) atoms. The van der Waals surface area contributed by atoms with E-state index in [0.29, 0.717) is 10.0 Å². The molecule has 0 aromatic heterocycles. The number of anilines is 1. The van der Waals surface area contributed by atoms with Gasteiger partial charge < -0.3 is 5.11 Å². The highest BCUT2D eigenvalue weighted by atomic mass is 79.9. The van der Waals surface area contributed by atoms with Gasteiger partial charge in [-0.05, 0) is 59.6 Å². The van der Waals surface area contributed by atoms with E-state index in [9.17, 15) is 13.2 Å². The lowest BCUT2D eigenvalue weighted by Gasteiger charge is -2.12. The van der Waals surface area contributed by atoms with Crippen LogP contribution in [0.5, 0.6) is 0 Å². The minimum Gasteiger partial charge on any atom is -0.478 e. The number of nitrogens with one attached hydrogen (secondary N) is 1. The van der Waals surface area contributed by atoms with Crippen LogP contribution in [0.4, 0.5) is 5.69 Å². The zero-order valence-corrected chi connectivity index (χ0v) is 14.3. The van der Waals surface area contributed by atoms with Crippen molar-refractivity contribution in [1.29, 1.82) is 0 Å². The second kappa shape index (κ2) is 6.10. The molecule has 0 unspecified atom stereocenters. The van der Waals surface area contributed by atoms with Crippen molar-refractivity contribution >= 4 is 37.6 Å². The normalized spacial score (nSPS) is 11.2. The molecule has 0 atom stereocenters. The van der Waals surface area contributed by atoms with E-state index >= 15 is 0 Å². The molecule has 5 nitrogen and oxygen atoms in total. The molecular weight excluding hydrogens is 370 g/mol. The molecule has 2 aromatic carbocycles. The van der Waals surface area contributed by atoms with Crippen molar-refractivity contribution in [3.8, 4) is 0 Å². The summed E-state index contributed by atoms with van der Waals surface area (Å²) in [7, 11) is -3.77. The number of aryl methyl sites for hydroxylation is 2. The van der Waals surface area contributed by atoms with Crippen molar-refractivity contribution in [2.75, 3.05) is 4.72 Å². The number of carbonyl (C=O) groups is 1. The van der Waals surface area contributed by atoms with Crippen molar-refractivity contribution in [3.05, 3.63) is 57.6 Å². The molecular formula is C15H14BrNO4S. The van der Waals surface area contributed by atoms with Crippen LogP contribution in [0.1, 0.15) is 21.5 Å². The van der Waals surface area contributed by atoms with Gasteiger partial charge in [0.1, 0.15) is 0 Å². The average Bonchev–Trinajstić information content (AvgIpc) is 2.41. The maximum Gasteiger partial charge on any atom is 0.336 e. The summed E-state index contributed by atoms with van der Waals surface area (Å²) in [5.41, 5.74) is 1.80. The van der Waals surface area contributed by atoms with Crippen molar-refractivity contribution in [2.24, 2.45) is 0 Å². The Hall–Kier alpha value is -1.86. The van der Waals surface area contributed by atoms with E-state index < -0.39 is 16.0 Å². The van der Waals surface area contributed by atoms with Gasteiger partial charge in [0.2, 0.25) is 0 Å². The molecule has 0 aliphatic heterocycles. The third-order valence-electron chi connectivity index (χ3n) is 3.12. The van der Waals surface area contributed by atoms with Gasteiger partial charge in [-0.15, -0.1) is 0 Å². The van der Waals surface area contributed by atoms with Gasteiger partial charge in [0.15, 0.2) is 0 Å². The lowest BCUT2D eigenvalue weighted by molar-refractivity contribution is 0.0696. The van der Waals surface area contributed by atoms with Crippen LogP contribution in [-0.2, 0) is 10.0 Å². The number of hydrogen-bond acceptors (Lipinski definition) is 3. The fourth-order valence-corrected chi connectivity index (χ4v) is 3.62. The molecule has 0 heterocycles. The van der Waals surface area contributed by atoms with Gasteiger partial charge in [0, 0.05) is 4.47 Å². The number of sulfonamides is 1. The van der Waals surface area contributed by atoms with Crippen LogP contribution >= 0.6 is 15.9 Å². The Kier molecular flexibility index (Phi) is 4.58. The third-order valence-corrected chi connectivity index (χ3v) is 5.16. The summed E-state index contributed by atoms with van der Waals surface area (Å²) >= 11 is 3.16. The minimum absolute atomic E-state index is 0.00722. The number of carboxylic acid groups (broad SMARTS) is 1. The molecule has 2 N–H and O–H groups in total. The Labute approximate surface area is 137 Å². The first kappa shape index (κ1) is 16.5. The van der Waals surface area contributed by atoms with E-state index in [0.717, 1.165) is 5.56 Å². The molecule has 0 amide bonds. The van der Waals surface area contributed by atoms with Crippen molar-refractivity contribution in [1.82, 2.24) is 0 Å². The molecule has 0 saturated heterocycles. The quantitative estimate of drug-likeness (QED) is 0.844. The molecule has 0 bridgehead atoms. The highest BCUT2D eigenvalue weighted by Crippen LogP contribution is 2.27. The first-order chi connectivity index (χ1) is 10.2. The smallest absolute Gasteiger partial charge is 0.336 e. The van der Waals surface area contributed by atoms with Crippen LogP contribution in [0.3, 0.4) is 0 Å². The maximum absolute atomic E-state index is 12.4. The predicted octanol–water partition coefficient (Wildman–Crippen LogP) is 3.56. The SMILES string of the molecule is Cc1ccc(S(=O)(=O)Nc2cc(C(=O)O)c(Br)cc2C)cc1. The summed E-state index contributed by atoms with van der Waals surface area (Å²) in [4.78, 5) is 11.3. The van der Waals surface area contributed by atoms with Gasteiger partial charge in [0.25, 0.3) is 10.0 Å². The van der Waals surface area contributed by atoms with Crippen molar-refractivity contribution < 1.29 is 18.3 Å². The summed E-state index contributed by atoms with van der Waals surface area (Å²) in [5, 5.41) is 9.12. The van der Waals surface area contributed by atoms with E-state index in [1.54, 1.807) is 25.1 Å². The molecule has 0 saturated carbocycles. The first-order valence-corrected chi connectivity index (χ1v) is 8.61. The average molecular weight is 384 g/mol. The summed E-state index contributed by atoms with van der Waals surface area (Å²) in [5.74, 6) is -1.14. The Morgan fingerprint density at radius 2 is 1.73 bits per heavy atom. The summed E-state index contributed by atoms with van der Waals surface area (Å²) in [6.07, 6.45) is 0. The molecule has 7 heteroatoms. The standard InChI is InChI=1S/C15H14BrNO4S/c1-9-3-5-11(6-4-9)22(20,21)17-14-8-12(15(18)19)13(16)7-10(14)2/h3-8,17H,1-2H3,(H,18,19). The molecule has 2 aromatic rings. The summed E-state index contributed by atoms with van der Waals surface area (Å²) in [6.45, 7) is 3.56. The van der Waals surface area contributed by atoms with Gasteiger partial charge in [-0.25, -0.2) is 13.2 Å². The van der Waals surface area contributed by atoms with Crippen LogP contribution in [-0.4, -0.2) is 19.5 Å². The van der Waals surface area contributed by atoms with Crippen molar-refractivity contribution in [2.45, 2.75) is 18.7 Å². The zero-order chi connectivity index (χ0) is 16.5. The fourth-order valence-electron chi connectivity index (χ4n) is 1.87. The van der Waals surface area contributed by atoms with Crippen LogP contribution in [0.15, 0.2) is 45.8 Å². The number of rotatable bonds is 4. The minimum atomic E-state index is -3.77. The van der Waals surface area contributed by atoms with Crippen molar-refractivity contribution in [3.63, 3.8) is 0 Å². The summed E-state index contributed by atoms with van der Waals surface area (Å²) in [6, 6.07) is 9.27. The molecule has 2 rings (SSSR count). The van der Waals surface area contributed by atoms with Gasteiger partial charge in [0.05, 0.1) is 16.1 Å². The first-order valence-electron chi connectivity index (χ1n) is 6.33. The lowest BCUT2D eigenvalue weighted by atomic mass is 10.1. The van der Waals surface area contributed by atoms with Gasteiger partial charge in [-0.1, -0.05) is 17.7 Å². The fraction of sp³-hybridized carbons (Fsp3) is 0.133. The second-order valence-corrected chi connectivity index (χ2v) is 7.41. The van der Waals surface area contributed by atoms with E-state index in [4.69, 9.17) is 5.11 Å². The number of carboxylic acids is 1. The van der Waals surface area contributed by atoms with E-state index in [1.165, 1.54) is 18.2 Å². The van der Waals surface area contributed by atoms with Crippen LogP contribution in [0.2, 0.25) is 0 Å². The molecule has 0 radical (unpaired) electrons. The molecule has 0 aliphatic carbocycles. The molecule has 0 aliphatic rings. The Bertz CT molecular complexity index is 829. The molecule has 116 valence electrons. The Morgan fingerprint density at radius 1 is 1.14 bits per heavy atom. The number of benzene rings is 2. The number of aromatic carboxylic acids is 1. The van der Waals surface area contributed by atoms with Gasteiger partial charge >= 0.3 is 5.97 Å². The zero-order valence-electron chi connectivity index (χ0n) is 11.9. The third kappa shape index (κ3) is 3.48. The number of hydrogen-bond donors (Lipinski definition) is 2. The monoisotopic (exact) mass is 383 g/mol. The van der Waals surface area contributed by atoms with Gasteiger partial charge in [-0.2, -0.15) is 0 Å². The lowest BCUT2D eigenvalue weighted by Crippen LogP contribution is -2.14. The van der Waals surface area contributed by atoms with E-state index in [2.05, 4.69) is 20.7 Å².